The van der Waals surface area contributed by atoms with E-state index in [0.717, 1.165) is 10.9 Å². The Bertz CT molecular complexity index is 1300. The normalized spacial score (nSPS) is 22.1. The summed E-state index contributed by atoms with van der Waals surface area (Å²) in [7, 11) is -10.5. The number of aromatic amines is 1. The molecule has 2 unspecified atom stereocenters. The fraction of sp³-hybridized carbons (Fsp3) is 0.722. The first kappa shape index (κ1) is 40.0. The molecule has 0 aliphatic carbocycles. The largest absolute Gasteiger partial charge is 0.481 e. The van der Waals surface area contributed by atoms with Crippen molar-refractivity contribution in [3.63, 3.8) is 0 Å². The lowest BCUT2D eigenvalue weighted by Gasteiger charge is -2.20. The number of imidazole rings is 1. The molecule has 3 rings (SSSR count). The van der Waals surface area contributed by atoms with E-state index in [4.69, 9.17) is 62.4 Å². The van der Waals surface area contributed by atoms with E-state index in [1.54, 1.807) is 0 Å². The molecule has 0 saturated carbocycles. The fourth-order valence-corrected chi connectivity index (χ4v) is 4.45. The minimum absolute atomic E-state index is 0.0586. The Morgan fingerprint density at radius 2 is 1.41 bits per heavy atom. The number of aliphatic hydroxyl groups excluding tert-OH is 8. The first-order valence-corrected chi connectivity index (χ1v) is 15.0. The van der Waals surface area contributed by atoms with Gasteiger partial charge in [0.1, 0.15) is 18.3 Å². The summed E-state index contributed by atoms with van der Waals surface area (Å²) in [6.07, 6.45) is -4.88. The molecule has 24 nitrogen and oxygen atoms in total. The monoisotopic (exact) mass is 685 g/mol. The second-order valence-corrected chi connectivity index (χ2v) is 12.2. The number of nitrogen functional groups attached to an aromatic ring is 1. The Morgan fingerprint density at radius 3 is 1.82 bits per heavy atom. The van der Waals surface area contributed by atoms with Gasteiger partial charge in [-0.05, 0) is 0 Å². The number of fused-ring (bicyclic) bond motifs is 1. The molecule has 0 bridgehead atoms. The molecule has 26 heteroatoms. The van der Waals surface area contributed by atoms with E-state index in [-0.39, 0.29) is 17.1 Å². The Morgan fingerprint density at radius 1 is 0.932 bits per heavy atom. The van der Waals surface area contributed by atoms with Crippen LogP contribution in [0.5, 0.6) is 0 Å². The summed E-state index contributed by atoms with van der Waals surface area (Å²) >= 11 is 0. The Balaban J connectivity index is 0.000000498. The molecule has 2 aromatic heterocycles. The number of H-pyrrole nitrogens is 1. The molecule has 2 aromatic rings. The first-order chi connectivity index (χ1) is 20.2. The summed E-state index contributed by atoms with van der Waals surface area (Å²) in [6, 6.07) is 0. The number of nitrogens with two attached hydrogens (primary N) is 3. The van der Waals surface area contributed by atoms with Crippen LogP contribution in [0.2, 0.25) is 0 Å². The highest BCUT2D eigenvalue weighted by Crippen LogP contribution is 2.57. The molecule has 1 aliphatic rings. The standard InChI is InChI=1S/C10H15N5O11P2.2C4H11NO3/c11-10-13-7-4(8(18)14-10)12-2-15(7)9-6(17)5(16)3(25-9)1-24-28(22,23)26-27(19,20)21;2*5-4(1-6,2-7)3-8/h2-3,5-6,9,16-17H,1H2,(H,22,23)(H2,19,20,21)(H3,11,13,14,18);2*6-8H,1-3,5H2/t3-,5+,6?,9-;;/m1../s1. The predicted octanol–water partition coefficient (Wildman–Crippen LogP) is -7.13. The van der Waals surface area contributed by atoms with Gasteiger partial charge in [-0.15, -0.1) is 0 Å². The molecule has 1 saturated heterocycles. The van der Waals surface area contributed by atoms with Crippen LogP contribution >= 0.6 is 15.6 Å². The molecule has 44 heavy (non-hydrogen) atoms. The lowest BCUT2D eigenvalue weighted by atomic mass is 10.1. The van der Waals surface area contributed by atoms with E-state index in [9.17, 15) is 29.0 Å². The number of hydrogen-bond donors (Lipinski definition) is 15. The number of nitrogens with one attached hydrogen (secondary N) is 1. The van der Waals surface area contributed by atoms with Gasteiger partial charge in [0, 0.05) is 0 Å². The van der Waals surface area contributed by atoms with Crippen molar-refractivity contribution in [3.8, 4) is 0 Å². The number of phosphoric acid groups is 2. The number of anilines is 1. The average molecular weight is 685 g/mol. The van der Waals surface area contributed by atoms with Crippen molar-refractivity contribution < 1.29 is 78.2 Å². The van der Waals surface area contributed by atoms with E-state index in [2.05, 4.69) is 23.8 Å². The van der Waals surface area contributed by atoms with E-state index < -0.39 is 103 Å². The van der Waals surface area contributed by atoms with Crippen LogP contribution in [0.1, 0.15) is 6.23 Å². The summed E-state index contributed by atoms with van der Waals surface area (Å²) in [4.78, 5) is 48.1. The smallest absolute Gasteiger partial charge is 0.394 e. The number of aliphatic hydroxyl groups is 8. The zero-order chi connectivity index (χ0) is 34.1. The SMILES string of the molecule is NC(CO)(CO)CO.NC(CO)(CO)CO.Nc1nc2c(ncn2[C@@H]2O[C@H](COP(=O)(O)OP(=O)(O)O)[C@H](O)C2O)c(=O)[nH]1. The maximum absolute atomic E-state index is 11.8. The number of rotatable bonds is 12. The van der Waals surface area contributed by atoms with Crippen molar-refractivity contribution in [1.82, 2.24) is 19.5 Å². The highest BCUT2D eigenvalue weighted by atomic mass is 31.3. The highest BCUT2D eigenvalue weighted by Gasteiger charge is 2.46. The fourth-order valence-electron chi connectivity index (χ4n) is 2.85. The van der Waals surface area contributed by atoms with Crippen molar-refractivity contribution in [2.45, 2.75) is 35.6 Å². The van der Waals surface area contributed by atoms with Gasteiger partial charge in [-0.2, -0.15) is 9.29 Å². The van der Waals surface area contributed by atoms with Crippen molar-refractivity contribution in [1.29, 1.82) is 0 Å². The van der Waals surface area contributed by atoms with Crippen molar-refractivity contribution in [3.05, 3.63) is 16.7 Å². The van der Waals surface area contributed by atoms with E-state index >= 15 is 0 Å². The molecule has 0 radical (unpaired) electrons. The Kier molecular flexibility index (Phi) is 15.0. The summed E-state index contributed by atoms with van der Waals surface area (Å²) in [5, 5.41) is 70.3. The quantitative estimate of drug-likeness (QED) is 0.0922. The third-order valence-corrected chi connectivity index (χ3v) is 7.71. The maximum Gasteiger partial charge on any atom is 0.481 e. The molecule has 256 valence electrons. The topological polar surface area (TPSA) is 426 Å². The Labute approximate surface area is 246 Å². The van der Waals surface area contributed by atoms with Crippen LogP contribution < -0.4 is 22.8 Å². The second-order valence-electron chi connectivity index (χ2n) is 9.33. The van der Waals surface area contributed by atoms with E-state index in [1.165, 1.54) is 0 Å². The van der Waals surface area contributed by atoms with Crippen LogP contribution in [0.15, 0.2) is 11.1 Å². The van der Waals surface area contributed by atoms with Crippen molar-refractivity contribution >= 4 is 32.8 Å². The summed E-state index contributed by atoms with van der Waals surface area (Å²) in [5.74, 6) is -0.233. The maximum atomic E-state index is 11.8. The minimum Gasteiger partial charge on any atom is -0.394 e. The number of ether oxygens (including phenoxy) is 1. The molecular formula is C18H37N7O17P2. The lowest BCUT2D eigenvalue weighted by molar-refractivity contribution is -0.0503. The van der Waals surface area contributed by atoms with Gasteiger partial charge < -0.3 is 77.5 Å². The minimum atomic E-state index is -5.32. The molecule has 0 amide bonds. The van der Waals surface area contributed by atoms with Crippen LogP contribution in [0.25, 0.3) is 11.2 Å². The number of nitrogens with zero attached hydrogens (tertiary/aromatic N) is 3. The van der Waals surface area contributed by atoms with Crippen LogP contribution in [-0.2, 0) is 22.7 Å². The van der Waals surface area contributed by atoms with Gasteiger partial charge in [0.05, 0.1) is 63.7 Å². The molecule has 1 fully saturated rings. The van der Waals surface area contributed by atoms with Gasteiger partial charge in [0.15, 0.2) is 17.4 Å². The molecule has 5 atom stereocenters. The summed E-state index contributed by atoms with van der Waals surface area (Å²) in [6.45, 7) is -3.29. The summed E-state index contributed by atoms with van der Waals surface area (Å²) in [5.41, 5.74) is 12.5. The van der Waals surface area contributed by atoms with Gasteiger partial charge in [0.25, 0.3) is 5.56 Å². The molecule has 3 heterocycles. The van der Waals surface area contributed by atoms with Crippen LogP contribution in [0.3, 0.4) is 0 Å². The van der Waals surface area contributed by atoms with Crippen LogP contribution in [0, 0.1) is 0 Å². The zero-order valence-electron chi connectivity index (χ0n) is 22.7. The first-order valence-electron chi connectivity index (χ1n) is 12.0. The van der Waals surface area contributed by atoms with Crippen molar-refractivity contribution in [2.75, 3.05) is 52.0 Å². The lowest BCUT2D eigenvalue weighted by Crippen LogP contribution is -2.50. The van der Waals surface area contributed by atoms with Crippen LogP contribution in [0.4, 0.5) is 5.95 Å². The molecule has 1 aliphatic heterocycles. The number of aromatic nitrogens is 4. The van der Waals surface area contributed by atoms with Gasteiger partial charge in [-0.25, -0.2) is 14.1 Å². The van der Waals surface area contributed by atoms with Gasteiger partial charge in [0.2, 0.25) is 5.95 Å². The third-order valence-electron chi connectivity index (χ3n) is 5.56. The van der Waals surface area contributed by atoms with Gasteiger partial charge in [-0.1, -0.05) is 0 Å². The van der Waals surface area contributed by atoms with Crippen LogP contribution in [-0.4, -0.2) is 151 Å². The van der Waals surface area contributed by atoms with E-state index in [1.807, 2.05) is 0 Å². The van der Waals surface area contributed by atoms with Gasteiger partial charge >= 0.3 is 15.6 Å². The Hall–Kier alpha value is -2.03. The number of hydrogen-bond acceptors (Lipinski definition) is 19. The molecular weight excluding hydrogens is 648 g/mol. The molecule has 0 spiro atoms. The molecule has 0 aromatic carbocycles. The van der Waals surface area contributed by atoms with Crippen molar-refractivity contribution in [2.24, 2.45) is 11.5 Å². The zero-order valence-corrected chi connectivity index (χ0v) is 24.5. The average Bonchev–Trinajstić information content (AvgIpc) is 3.50. The van der Waals surface area contributed by atoms with E-state index in [0.29, 0.717) is 0 Å². The highest BCUT2D eigenvalue weighted by molar-refractivity contribution is 7.60. The predicted molar refractivity (Wildman–Crippen MR) is 144 cm³/mol. The third kappa shape index (κ3) is 11.4. The second kappa shape index (κ2) is 16.5. The number of phosphoric ester groups is 1. The summed E-state index contributed by atoms with van der Waals surface area (Å²) < 4.78 is 36.6. The van der Waals surface area contributed by atoms with Gasteiger partial charge in [-0.3, -0.25) is 18.9 Å². The molecule has 18 N–H and O–H groups in total.